The lowest BCUT2D eigenvalue weighted by Gasteiger charge is -2.28. The number of hydrogen-bond donors (Lipinski definition) is 2. The summed E-state index contributed by atoms with van der Waals surface area (Å²) in [4.78, 5) is 10.9. The SMILES string of the molecule is CC1CCCCC1CNCc1cccc(C(=O)O)c1. The van der Waals surface area contributed by atoms with E-state index in [1.54, 1.807) is 12.1 Å². The molecule has 2 rings (SSSR count). The molecule has 1 aromatic carbocycles. The highest BCUT2D eigenvalue weighted by Gasteiger charge is 2.20. The van der Waals surface area contributed by atoms with Crippen LogP contribution in [0.25, 0.3) is 0 Å². The van der Waals surface area contributed by atoms with Crippen LogP contribution in [0.1, 0.15) is 48.5 Å². The van der Waals surface area contributed by atoms with Gasteiger partial charge in [-0.2, -0.15) is 0 Å². The van der Waals surface area contributed by atoms with Gasteiger partial charge in [0.15, 0.2) is 0 Å². The van der Waals surface area contributed by atoms with Gasteiger partial charge in [0.05, 0.1) is 5.56 Å². The first kappa shape index (κ1) is 14.1. The molecular weight excluding hydrogens is 238 g/mol. The molecule has 3 nitrogen and oxygen atoms in total. The fraction of sp³-hybridized carbons (Fsp3) is 0.562. The molecule has 1 aliphatic carbocycles. The van der Waals surface area contributed by atoms with E-state index in [-0.39, 0.29) is 0 Å². The highest BCUT2D eigenvalue weighted by molar-refractivity contribution is 5.87. The van der Waals surface area contributed by atoms with Crippen molar-refractivity contribution < 1.29 is 9.90 Å². The van der Waals surface area contributed by atoms with Crippen molar-refractivity contribution in [1.29, 1.82) is 0 Å². The highest BCUT2D eigenvalue weighted by atomic mass is 16.4. The molecule has 2 N–H and O–H groups in total. The van der Waals surface area contributed by atoms with E-state index in [0.29, 0.717) is 5.56 Å². The zero-order valence-corrected chi connectivity index (χ0v) is 11.6. The molecule has 0 amide bonds. The summed E-state index contributed by atoms with van der Waals surface area (Å²) in [6.45, 7) is 4.14. The fourth-order valence-electron chi connectivity index (χ4n) is 2.91. The summed E-state index contributed by atoms with van der Waals surface area (Å²) in [5.41, 5.74) is 1.41. The average Bonchev–Trinajstić information content (AvgIpc) is 2.41. The molecule has 0 spiro atoms. The van der Waals surface area contributed by atoms with Gasteiger partial charge in [-0.15, -0.1) is 0 Å². The molecule has 1 fully saturated rings. The van der Waals surface area contributed by atoms with Crippen molar-refractivity contribution in [3.05, 3.63) is 35.4 Å². The Labute approximate surface area is 115 Å². The molecular formula is C16H23NO2. The van der Waals surface area contributed by atoms with Crippen molar-refractivity contribution in [2.24, 2.45) is 11.8 Å². The number of carboxylic acid groups (broad SMARTS) is 1. The van der Waals surface area contributed by atoms with Crippen molar-refractivity contribution in [2.45, 2.75) is 39.2 Å². The van der Waals surface area contributed by atoms with Crippen LogP contribution in [-0.2, 0) is 6.54 Å². The smallest absolute Gasteiger partial charge is 0.335 e. The lowest BCUT2D eigenvalue weighted by atomic mass is 9.80. The van der Waals surface area contributed by atoms with E-state index in [4.69, 9.17) is 5.11 Å². The number of carbonyl (C=O) groups is 1. The van der Waals surface area contributed by atoms with Gasteiger partial charge in [-0.05, 0) is 42.5 Å². The van der Waals surface area contributed by atoms with E-state index >= 15 is 0 Å². The molecule has 3 heteroatoms. The standard InChI is InChI=1S/C16H23NO2/c1-12-5-2-3-7-15(12)11-17-10-13-6-4-8-14(9-13)16(18)19/h4,6,8-9,12,15,17H,2-3,5,7,10-11H2,1H3,(H,18,19). The second kappa shape index (κ2) is 6.71. The van der Waals surface area contributed by atoms with Crippen LogP contribution in [0, 0.1) is 11.8 Å². The lowest BCUT2D eigenvalue weighted by molar-refractivity contribution is 0.0696. The minimum Gasteiger partial charge on any atom is -0.478 e. The van der Waals surface area contributed by atoms with Crippen LogP contribution in [0.4, 0.5) is 0 Å². The quantitative estimate of drug-likeness (QED) is 0.855. The Morgan fingerprint density at radius 3 is 2.89 bits per heavy atom. The first-order valence-corrected chi connectivity index (χ1v) is 7.20. The van der Waals surface area contributed by atoms with Gasteiger partial charge < -0.3 is 10.4 Å². The van der Waals surface area contributed by atoms with Crippen molar-refractivity contribution in [2.75, 3.05) is 6.54 Å². The maximum atomic E-state index is 10.9. The minimum absolute atomic E-state index is 0.366. The maximum absolute atomic E-state index is 10.9. The summed E-state index contributed by atoms with van der Waals surface area (Å²) in [7, 11) is 0. The van der Waals surface area contributed by atoms with Crippen LogP contribution in [0.5, 0.6) is 0 Å². The van der Waals surface area contributed by atoms with Crippen LogP contribution in [0.3, 0.4) is 0 Å². The number of rotatable bonds is 5. The average molecular weight is 261 g/mol. The first-order valence-electron chi connectivity index (χ1n) is 7.20. The Morgan fingerprint density at radius 2 is 2.16 bits per heavy atom. The Balaban J connectivity index is 1.82. The molecule has 1 aromatic rings. The monoisotopic (exact) mass is 261 g/mol. The third-order valence-electron chi connectivity index (χ3n) is 4.20. The van der Waals surface area contributed by atoms with Gasteiger partial charge in [0.1, 0.15) is 0 Å². The van der Waals surface area contributed by atoms with E-state index in [1.165, 1.54) is 25.7 Å². The Morgan fingerprint density at radius 1 is 1.37 bits per heavy atom. The molecule has 0 saturated heterocycles. The minimum atomic E-state index is -0.859. The molecule has 0 aliphatic heterocycles. The van der Waals surface area contributed by atoms with Gasteiger partial charge in [-0.3, -0.25) is 0 Å². The zero-order chi connectivity index (χ0) is 13.7. The van der Waals surface area contributed by atoms with E-state index in [9.17, 15) is 4.79 Å². The predicted molar refractivity (Wildman–Crippen MR) is 76.2 cm³/mol. The van der Waals surface area contributed by atoms with Crippen molar-refractivity contribution in [3.8, 4) is 0 Å². The topological polar surface area (TPSA) is 49.3 Å². The van der Waals surface area contributed by atoms with Crippen LogP contribution < -0.4 is 5.32 Å². The number of nitrogens with one attached hydrogen (secondary N) is 1. The van der Waals surface area contributed by atoms with Crippen molar-refractivity contribution in [1.82, 2.24) is 5.32 Å². The predicted octanol–water partition coefficient (Wildman–Crippen LogP) is 3.30. The number of carboxylic acids is 1. The molecule has 0 heterocycles. The Hall–Kier alpha value is -1.35. The van der Waals surface area contributed by atoms with E-state index < -0.39 is 5.97 Å². The number of hydrogen-bond acceptors (Lipinski definition) is 2. The van der Waals surface area contributed by atoms with Crippen molar-refractivity contribution >= 4 is 5.97 Å². The van der Waals surface area contributed by atoms with Gasteiger partial charge in [0, 0.05) is 6.54 Å². The molecule has 0 radical (unpaired) electrons. The summed E-state index contributed by atoms with van der Waals surface area (Å²) >= 11 is 0. The Kier molecular flexibility index (Phi) is 4.97. The van der Waals surface area contributed by atoms with Crippen LogP contribution >= 0.6 is 0 Å². The summed E-state index contributed by atoms with van der Waals surface area (Å²) in [5.74, 6) is 0.728. The molecule has 1 saturated carbocycles. The van der Waals surface area contributed by atoms with Crippen LogP contribution in [0.15, 0.2) is 24.3 Å². The number of aromatic carboxylic acids is 1. The molecule has 0 aromatic heterocycles. The summed E-state index contributed by atoms with van der Waals surface area (Å²) in [5, 5.41) is 12.4. The molecule has 2 unspecified atom stereocenters. The van der Waals surface area contributed by atoms with Gasteiger partial charge >= 0.3 is 5.97 Å². The summed E-state index contributed by atoms with van der Waals surface area (Å²) < 4.78 is 0. The normalized spacial score (nSPS) is 23.2. The van der Waals surface area contributed by atoms with Gasteiger partial charge in [0.25, 0.3) is 0 Å². The molecule has 0 bridgehead atoms. The highest BCUT2D eigenvalue weighted by Crippen LogP contribution is 2.28. The third kappa shape index (κ3) is 4.06. The largest absolute Gasteiger partial charge is 0.478 e. The Bertz CT molecular complexity index is 431. The van der Waals surface area contributed by atoms with Gasteiger partial charge in [0.2, 0.25) is 0 Å². The first-order chi connectivity index (χ1) is 9.16. The fourth-order valence-corrected chi connectivity index (χ4v) is 2.91. The second-order valence-electron chi connectivity index (χ2n) is 5.66. The van der Waals surface area contributed by atoms with E-state index in [2.05, 4.69) is 12.2 Å². The van der Waals surface area contributed by atoms with Gasteiger partial charge in [-0.25, -0.2) is 4.79 Å². The third-order valence-corrected chi connectivity index (χ3v) is 4.20. The maximum Gasteiger partial charge on any atom is 0.335 e. The number of benzene rings is 1. The summed E-state index contributed by atoms with van der Waals surface area (Å²) in [6.07, 6.45) is 5.40. The molecule has 104 valence electrons. The van der Waals surface area contributed by atoms with Crippen LogP contribution in [-0.4, -0.2) is 17.6 Å². The molecule has 1 aliphatic rings. The van der Waals surface area contributed by atoms with E-state index in [1.807, 2.05) is 12.1 Å². The van der Waals surface area contributed by atoms with Crippen LogP contribution in [0.2, 0.25) is 0 Å². The molecule has 19 heavy (non-hydrogen) atoms. The van der Waals surface area contributed by atoms with Crippen molar-refractivity contribution in [3.63, 3.8) is 0 Å². The van der Waals surface area contributed by atoms with E-state index in [0.717, 1.165) is 30.5 Å². The lowest BCUT2D eigenvalue weighted by Crippen LogP contribution is -2.29. The second-order valence-corrected chi connectivity index (χ2v) is 5.66. The zero-order valence-electron chi connectivity index (χ0n) is 11.6. The summed E-state index contributed by atoms with van der Waals surface area (Å²) in [6, 6.07) is 7.17. The molecule has 2 atom stereocenters. The van der Waals surface area contributed by atoms with Gasteiger partial charge in [-0.1, -0.05) is 38.3 Å².